The van der Waals surface area contributed by atoms with Crippen LogP contribution in [0.1, 0.15) is 37.7 Å². The topological polar surface area (TPSA) is 91.4 Å². The Morgan fingerprint density at radius 1 is 1.15 bits per heavy atom. The number of ether oxygens (including phenoxy) is 1. The van der Waals surface area contributed by atoms with E-state index in [0.29, 0.717) is 22.4 Å². The van der Waals surface area contributed by atoms with Crippen LogP contribution in [0.2, 0.25) is 0 Å². The van der Waals surface area contributed by atoms with Crippen molar-refractivity contribution in [1.29, 1.82) is 0 Å². The lowest BCUT2D eigenvalue weighted by Crippen LogP contribution is -2.30. The molecule has 0 N–H and O–H groups in total. The highest BCUT2D eigenvalue weighted by molar-refractivity contribution is 6.02. The molecule has 0 unspecified atom stereocenters. The number of rotatable bonds is 4. The van der Waals surface area contributed by atoms with Gasteiger partial charge in [-0.15, -0.1) is 0 Å². The number of Topliss-reactive ketones (excluding diaryl/α,β-unsaturated/α-hetero) is 1. The van der Waals surface area contributed by atoms with Gasteiger partial charge in [-0.25, -0.2) is 9.48 Å². The first kappa shape index (κ1) is 17.6. The molecule has 2 heterocycles. The number of carbonyl (C=O) groups is 2. The number of nitrogens with zero attached hydrogens (tertiary/aromatic N) is 2. The van der Waals surface area contributed by atoms with Crippen LogP contribution in [0.3, 0.4) is 0 Å². The molecule has 0 radical (unpaired) electrons. The number of hydrogen-bond acceptors (Lipinski definition) is 6. The van der Waals surface area contributed by atoms with Crippen LogP contribution >= 0.6 is 0 Å². The number of fused-ring (bicyclic) bond motifs is 1. The molecule has 0 amide bonds. The van der Waals surface area contributed by atoms with Crippen molar-refractivity contribution in [3.8, 4) is 0 Å². The summed E-state index contributed by atoms with van der Waals surface area (Å²) in [6, 6.07) is 7.27. The third kappa shape index (κ3) is 2.92. The van der Waals surface area contributed by atoms with Crippen LogP contribution in [0.15, 0.2) is 33.5 Å². The minimum absolute atomic E-state index is 0.117. The van der Waals surface area contributed by atoms with Gasteiger partial charge in [-0.05, 0) is 32.4 Å². The average molecular weight is 354 g/mol. The van der Waals surface area contributed by atoms with E-state index in [1.807, 2.05) is 18.2 Å². The van der Waals surface area contributed by atoms with Crippen molar-refractivity contribution in [1.82, 2.24) is 9.78 Å². The summed E-state index contributed by atoms with van der Waals surface area (Å²) in [5.41, 5.74) is 1.58. The molecule has 2 aromatic heterocycles. The third-order valence-corrected chi connectivity index (χ3v) is 4.36. The SMILES string of the molecule is Cc1nn(C)c(=O)c(C(=O)OCC(=O)c2oc3ccccc3c2C)c1C. The second-order valence-electron chi connectivity index (χ2n) is 6.07. The molecule has 134 valence electrons. The number of esters is 1. The van der Waals surface area contributed by atoms with Crippen LogP contribution in [-0.2, 0) is 11.8 Å². The van der Waals surface area contributed by atoms with Gasteiger partial charge in [0.2, 0.25) is 5.78 Å². The van der Waals surface area contributed by atoms with Crippen molar-refractivity contribution in [3.63, 3.8) is 0 Å². The second kappa shape index (κ2) is 6.59. The molecule has 0 spiro atoms. The van der Waals surface area contributed by atoms with E-state index >= 15 is 0 Å². The Hall–Kier alpha value is -3.22. The maximum absolute atomic E-state index is 12.4. The fourth-order valence-corrected chi connectivity index (χ4v) is 2.80. The first-order valence-electron chi connectivity index (χ1n) is 8.04. The molecule has 0 bridgehead atoms. The van der Waals surface area contributed by atoms with Crippen molar-refractivity contribution >= 4 is 22.7 Å². The summed E-state index contributed by atoms with van der Waals surface area (Å²) >= 11 is 0. The van der Waals surface area contributed by atoms with Crippen molar-refractivity contribution in [2.24, 2.45) is 7.05 Å². The minimum Gasteiger partial charge on any atom is -0.453 e. The van der Waals surface area contributed by atoms with E-state index in [1.54, 1.807) is 26.8 Å². The predicted octanol–water partition coefficient (Wildman–Crippen LogP) is 2.49. The molecular formula is C19H18N2O5. The maximum atomic E-state index is 12.4. The standard InChI is InChI=1S/C19H18N2O5/c1-10-12(3)20-21(4)18(23)16(10)19(24)25-9-14(22)17-11(2)13-7-5-6-8-15(13)26-17/h5-8H,9H2,1-4H3. The first-order chi connectivity index (χ1) is 12.3. The first-order valence-corrected chi connectivity index (χ1v) is 8.04. The normalized spacial score (nSPS) is 10.9. The van der Waals surface area contributed by atoms with Gasteiger partial charge < -0.3 is 9.15 Å². The molecule has 0 saturated heterocycles. The quantitative estimate of drug-likeness (QED) is 0.528. The number of carbonyl (C=O) groups excluding carboxylic acids is 2. The molecule has 0 aliphatic heterocycles. The molecular weight excluding hydrogens is 336 g/mol. The van der Waals surface area contributed by atoms with Crippen molar-refractivity contribution in [3.05, 3.63) is 62.8 Å². The summed E-state index contributed by atoms with van der Waals surface area (Å²) in [6.45, 7) is 4.57. The largest absolute Gasteiger partial charge is 0.453 e. The summed E-state index contributed by atoms with van der Waals surface area (Å²) in [7, 11) is 1.45. The number of furan rings is 1. The zero-order chi connectivity index (χ0) is 19.0. The van der Waals surface area contributed by atoms with Crippen molar-refractivity contribution in [2.45, 2.75) is 20.8 Å². The lowest BCUT2D eigenvalue weighted by Gasteiger charge is -2.09. The van der Waals surface area contributed by atoms with E-state index in [1.165, 1.54) is 7.05 Å². The van der Waals surface area contributed by atoms with Gasteiger partial charge >= 0.3 is 5.97 Å². The van der Waals surface area contributed by atoms with Crippen LogP contribution < -0.4 is 5.56 Å². The zero-order valence-corrected chi connectivity index (χ0v) is 15.0. The van der Waals surface area contributed by atoms with Gasteiger partial charge in [0.05, 0.1) is 5.69 Å². The van der Waals surface area contributed by atoms with Crippen molar-refractivity contribution < 1.29 is 18.7 Å². The molecule has 0 aliphatic rings. The van der Waals surface area contributed by atoms with Gasteiger partial charge in [-0.1, -0.05) is 18.2 Å². The van der Waals surface area contributed by atoms with Gasteiger partial charge in [0.25, 0.3) is 5.56 Å². The molecule has 26 heavy (non-hydrogen) atoms. The van der Waals surface area contributed by atoms with Gasteiger partial charge in [0.15, 0.2) is 12.4 Å². The highest BCUT2D eigenvalue weighted by atomic mass is 16.5. The molecule has 1 aromatic carbocycles. The number of benzene rings is 1. The monoisotopic (exact) mass is 354 g/mol. The third-order valence-electron chi connectivity index (χ3n) is 4.36. The van der Waals surface area contributed by atoms with Gasteiger partial charge in [-0.2, -0.15) is 5.10 Å². The molecule has 7 heteroatoms. The van der Waals surface area contributed by atoms with Crippen LogP contribution in [0.5, 0.6) is 0 Å². The Balaban J connectivity index is 1.83. The van der Waals surface area contributed by atoms with E-state index in [9.17, 15) is 14.4 Å². The lowest BCUT2D eigenvalue weighted by atomic mass is 10.1. The van der Waals surface area contributed by atoms with Gasteiger partial charge in [0.1, 0.15) is 11.1 Å². The summed E-state index contributed by atoms with van der Waals surface area (Å²) in [4.78, 5) is 36.9. The lowest BCUT2D eigenvalue weighted by molar-refractivity contribution is 0.0464. The van der Waals surface area contributed by atoms with E-state index in [4.69, 9.17) is 9.15 Å². The number of hydrogen-bond donors (Lipinski definition) is 0. The van der Waals surface area contributed by atoms with Crippen molar-refractivity contribution in [2.75, 3.05) is 6.61 Å². The Kier molecular flexibility index (Phi) is 4.46. The van der Waals surface area contributed by atoms with Crippen LogP contribution in [0, 0.1) is 20.8 Å². The zero-order valence-electron chi connectivity index (χ0n) is 15.0. The molecule has 0 saturated carbocycles. The summed E-state index contributed by atoms with van der Waals surface area (Å²) < 4.78 is 11.7. The number of aryl methyl sites for hydroxylation is 3. The van der Waals surface area contributed by atoms with E-state index < -0.39 is 23.9 Å². The molecule has 0 atom stereocenters. The number of ketones is 1. The number of aromatic nitrogens is 2. The highest BCUT2D eigenvalue weighted by Gasteiger charge is 2.23. The minimum atomic E-state index is -0.851. The molecule has 3 rings (SSSR count). The van der Waals surface area contributed by atoms with E-state index in [0.717, 1.165) is 10.1 Å². The average Bonchev–Trinajstić information content (AvgIpc) is 2.95. The molecule has 3 aromatic rings. The number of para-hydroxylation sites is 1. The Morgan fingerprint density at radius 2 is 1.85 bits per heavy atom. The van der Waals surface area contributed by atoms with Gasteiger partial charge in [0, 0.05) is 18.0 Å². The van der Waals surface area contributed by atoms with Crippen LogP contribution in [0.25, 0.3) is 11.0 Å². The van der Waals surface area contributed by atoms with E-state index in [2.05, 4.69) is 5.10 Å². The highest BCUT2D eigenvalue weighted by Crippen LogP contribution is 2.25. The van der Waals surface area contributed by atoms with E-state index in [-0.39, 0.29) is 11.3 Å². The molecule has 0 aliphatic carbocycles. The van der Waals surface area contributed by atoms with Crippen LogP contribution in [-0.4, -0.2) is 28.1 Å². The predicted molar refractivity (Wildman–Crippen MR) is 94.5 cm³/mol. The Bertz CT molecular complexity index is 1090. The summed E-state index contributed by atoms with van der Waals surface area (Å²) in [5, 5.41) is 4.84. The fraction of sp³-hybridized carbons (Fsp3) is 0.263. The second-order valence-corrected chi connectivity index (χ2v) is 6.07. The Labute approximate surface area is 149 Å². The molecule has 0 fully saturated rings. The summed E-state index contributed by atoms with van der Waals surface area (Å²) in [6.07, 6.45) is 0. The fourth-order valence-electron chi connectivity index (χ4n) is 2.80. The maximum Gasteiger partial charge on any atom is 0.344 e. The smallest absolute Gasteiger partial charge is 0.344 e. The Morgan fingerprint density at radius 3 is 2.54 bits per heavy atom. The van der Waals surface area contributed by atoms with Crippen LogP contribution in [0.4, 0.5) is 0 Å². The summed E-state index contributed by atoms with van der Waals surface area (Å²) in [5.74, 6) is -1.17. The molecule has 7 nitrogen and oxygen atoms in total. The van der Waals surface area contributed by atoms with Gasteiger partial charge in [-0.3, -0.25) is 9.59 Å².